The van der Waals surface area contributed by atoms with Crippen molar-refractivity contribution in [1.29, 1.82) is 5.26 Å². The molecule has 2 amide bonds. The van der Waals surface area contributed by atoms with Crippen LogP contribution in [0.5, 0.6) is 5.75 Å². The second-order valence-electron chi connectivity index (χ2n) is 7.81. The molecule has 0 radical (unpaired) electrons. The quantitative estimate of drug-likeness (QED) is 0.539. The molecule has 6 nitrogen and oxygen atoms in total. The summed E-state index contributed by atoms with van der Waals surface area (Å²) in [6.45, 7) is 3.09. The van der Waals surface area contributed by atoms with E-state index in [9.17, 15) is 4.79 Å². The van der Waals surface area contributed by atoms with Gasteiger partial charge in [-0.3, -0.25) is 0 Å². The van der Waals surface area contributed by atoms with Crippen LogP contribution in [-0.4, -0.2) is 37.1 Å². The lowest BCUT2D eigenvalue weighted by molar-refractivity contribution is 0.208. The standard InChI is InChI=1S/C26H25ClN4O2/c27-22-5-3-6-23(18-22)30-14-16-31(17-15-30)26(32)29-25-7-2-1-4-21(25)19-33-24-10-8-20(9-11-24)12-13-28/h1-11,18H,12,14-17,19H2,(H,29,32). The van der Waals surface area contributed by atoms with Crippen LogP contribution < -0.4 is 15.0 Å². The van der Waals surface area contributed by atoms with Gasteiger partial charge in [0.25, 0.3) is 0 Å². The molecular formula is C26H25ClN4O2. The second-order valence-corrected chi connectivity index (χ2v) is 8.25. The van der Waals surface area contributed by atoms with Gasteiger partial charge in [-0.1, -0.05) is 48.0 Å². The lowest BCUT2D eigenvalue weighted by atomic mass is 10.1. The van der Waals surface area contributed by atoms with Crippen molar-refractivity contribution < 1.29 is 9.53 Å². The number of piperazine rings is 1. The maximum Gasteiger partial charge on any atom is 0.321 e. The zero-order chi connectivity index (χ0) is 23.0. The van der Waals surface area contributed by atoms with E-state index >= 15 is 0 Å². The van der Waals surface area contributed by atoms with Crippen LogP contribution in [0.2, 0.25) is 5.02 Å². The first-order valence-corrected chi connectivity index (χ1v) is 11.2. The number of nitrogens with zero attached hydrogens (tertiary/aromatic N) is 3. The van der Waals surface area contributed by atoms with E-state index in [-0.39, 0.29) is 6.03 Å². The number of halogens is 1. The smallest absolute Gasteiger partial charge is 0.321 e. The topological polar surface area (TPSA) is 68.6 Å². The molecule has 1 aliphatic rings. The van der Waals surface area contributed by atoms with E-state index in [4.69, 9.17) is 21.6 Å². The monoisotopic (exact) mass is 460 g/mol. The van der Waals surface area contributed by atoms with Crippen molar-refractivity contribution in [3.05, 3.63) is 88.9 Å². The summed E-state index contributed by atoms with van der Waals surface area (Å²) in [5.74, 6) is 0.718. The molecule has 168 valence electrons. The molecule has 0 bridgehead atoms. The molecule has 0 aliphatic carbocycles. The fourth-order valence-corrected chi connectivity index (χ4v) is 3.94. The summed E-state index contributed by atoms with van der Waals surface area (Å²) in [7, 11) is 0. The van der Waals surface area contributed by atoms with Crippen molar-refractivity contribution in [3.8, 4) is 11.8 Å². The Kier molecular flexibility index (Phi) is 7.33. The molecule has 0 saturated carbocycles. The third-order valence-corrected chi connectivity index (χ3v) is 5.84. The number of rotatable bonds is 6. The van der Waals surface area contributed by atoms with Crippen LogP contribution in [0.3, 0.4) is 0 Å². The average molecular weight is 461 g/mol. The second kappa shape index (κ2) is 10.8. The molecule has 0 atom stereocenters. The zero-order valence-electron chi connectivity index (χ0n) is 18.2. The molecular weight excluding hydrogens is 436 g/mol. The van der Waals surface area contributed by atoms with Crippen LogP contribution >= 0.6 is 11.6 Å². The van der Waals surface area contributed by atoms with Gasteiger partial charge in [0.05, 0.1) is 12.5 Å². The van der Waals surface area contributed by atoms with Crippen molar-refractivity contribution in [1.82, 2.24) is 4.90 Å². The predicted octanol–water partition coefficient (Wildman–Crippen LogP) is 5.34. The molecule has 1 heterocycles. The Hall–Kier alpha value is -3.69. The van der Waals surface area contributed by atoms with Gasteiger partial charge in [-0.15, -0.1) is 0 Å². The number of urea groups is 1. The highest BCUT2D eigenvalue weighted by Crippen LogP contribution is 2.22. The molecule has 0 spiro atoms. The fraction of sp³-hybridized carbons (Fsp3) is 0.231. The number of benzene rings is 3. The van der Waals surface area contributed by atoms with E-state index in [1.807, 2.05) is 77.7 Å². The van der Waals surface area contributed by atoms with Gasteiger partial charge in [-0.25, -0.2) is 4.79 Å². The van der Waals surface area contributed by atoms with Gasteiger partial charge >= 0.3 is 6.03 Å². The van der Waals surface area contributed by atoms with Crippen LogP contribution in [0.25, 0.3) is 0 Å². The first-order chi connectivity index (χ1) is 16.1. The van der Waals surface area contributed by atoms with Crippen molar-refractivity contribution in [3.63, 3.8) is 0 Å². The Morgan fingerprint density at radius 1 is 1.00 bits per heavy atom. The van der Waals surface area contributed by atoms with Crippen molar-refractivity contribution in [2.45, 2.75) is 13.0 Å². The number of ether oxygens (including phenoxy) is 1. The number of carbonyl (C=O) groups is 1. The first-order valence-electron chi connectivity index (χ1n) is 10.9. The van der Waals surface area contributed by atoms with Crippen LogP contribution in [0.4, 0.5) is 16.2 Å². The van der Waals surface area contributed by atoms with Gasteiger partial charge in [0.2, 0.25) is 0 Å². The molecule has 1 saturated heterocycles. The average Bonchev–Trinajstić information content (AvgIpc) is 2.85. The number of nitriles is 1. The minimum atomic E-state index is -0.117. The van der Waals surface area contributed by atoms with E-state index in [0.717, 1.165) is 41.3 Å². The third kappa shape index (κ3) is 5.97. The van der Waals surface area contributed by atoms with Gasteiger partial charge in [0.1, 0.15) is 12.4 Å². The zero-order valence-corrected chi connectivity index (χ0v) is 19.0. The largest absolute Gasteiger partial charge is 0.489 e. The minimum Gasteiger partial charge on any atom is -0.489 e. The Labute approximate surface area is 198 Å². The lowest BCUT2D eigenvalue weighted by Crippen LogP contribution is -2.50. The Morgan fingerprint density at radius 2 is 1.76 bits per heavy atom. The maximum absolute atomic E-state index is 12.9. The number of hydrogen-bond acceptors (Lipinski definition) is 4. The maximum atomic E-state index is 12.9. The molecule has 3 aromatic rings. The number of nitrogens with one attached hydrogen (secondary N) is 1. The molecule has 4 rings (SSSR count). The van der Waals surface area contributed by atoms with Gasteiger partial charge in [-0.2, -0.15) is 5.26 Å². The first kappa shape index (κ1) is 22.5. The summed E-state index contributed by atoms with van der Waals surface area (Å²) in [6.07, 6.45) is 0.377. The summed E-state index contributed by atoms with van der Waals surface area (Å²) in [6, 6.07) is 24.9. The highest BCUT2D eigenvalue weighted by atomic mass is 35.5. The summed E-state index contributed by atoms with van der Waals surface area (Å²) in [5.41, 5.74) is 3.66. The lowest BCUT2D eigenvalue weighted by Gasteiger charge is -2.36. The minimum absolute atomic E-state index is 0.117. The van der Waals surface area contributed by atoms with Gasteiger partial charge in [0, 0.05) is 48.1 Å². The van der Waals surface area contributed by atoms with Crippen LogP contribution in [0.1, 0.15) is 11.1 Å². The van der Waals surface area contributed by atoms with Crippen LogP contribution in [-0.2, 0) is 13.0 Å². The summed E-state index contributed by atoms with van der Waals surface area (Å²) in [4.78, 5) is 17.0. The summed E-state index contributed by atoms with van der Waals surface area (Å²) in [5, 5.41) is 12.5. The SMILES string of the molecule is N#CCc1ccc(OCc2ccccc2NC(=O)N2CCN(c3cccc(Cl)c3)CC2)cc1. The van der Waals surface area contributed by atoms with Crippen molar-refractivity contribution in [2.75, 3.05) is 36.4 Å². The van der Waals surface area contributed by atoms with E-state index in [1.54, 1.807) is 0 Å². The number of anilines is 2. The van der Waals surface area contributed by atoms with Crippen LogP contribution in [0, 0.1) is 11.3 Å². The van der Waals surface area contributed by atoms with Gasteiger partial charge in [0.15, 0.2) is 0 Å². The highest BCUT2D eigenvalue weighted by molar-refractivity contribution is 6.30. The van der Waals surface area contributed by atoms with Gasteiger partial charge < -0.3 is 19.9 Å². The Morgan fingerprint density at radius 3 is 2.48 bits per heavy atom. The highest BCUT2D eigenvalue weighted by Gasteiger charge is 2.22. The fourth-order valence-electron chi connectivity index (χ4n) is 3.76. The number of carbonyl (C=O) groups excluding carboxylic acids is 1. The molecule has 3 aromatic carbocycles. The summed E-state index contributed by atoms with van der Waals surface area (Å²) >= 11 is 6.11. The van der Waals surface area contributed by atoms with E-state index in [2.05, 4.69) is 16.3 Å². The number of amides is 2. The molecule has 1 N–H and O–H groups in total. The van der Waals surface area contributed by atoms with E-state index in [0.29, 0.717) is 31.1 Å². The molecule has 0 unspecified atom stereocenters. The molecule has 33 heavy (non-hydrogen) atoms. The predicted molar refractivity (Wildman–Crippen MR) is 131 cm³/mol. The summed E-state index contributed by atoms with van der Waals surface area (Å²) < 4.78 is 5.90. The molecule has 1 fully saturated rings. The van der Waals surface area contributed by atoms with E-state index in [1.165, 1.54) is 0 Å². The molecule has 7 heteroatoms. The number of hydrogen-bond donors (Lipinski definition) is 1. The third-order valence-electron chi connectivity index (χ3n) is 5.60. The Bertz CT molecular complexity index is 1140. The van der Waals surface area contributed by atoms with Crippen LogP contribution in [0.15, 0.2) is 72.8 Å². The van der Waals surface area contributed by atoms with E-state index < -0.39 is 0 Å². The van der Waals surface area contributed by atoms with Gasteiger partial charge in [-0.05, 0) is 42.0 Å². The van der Waals surface area contributed by atoms with Crippen molar-refractivity contribution in [2.24, 2.45) is 0 Å². The molecule has 0 aromatic heterocycles. The number of para-hydroxylation sites is 1. The normalized spacial score (nSPS) is 13.3. The molecule has 1 aliphatic heterocycles. The van der Waals surface area contributed by atoms with Crippen molar-refractivity contribution >= 4 is 29.0 Å². The Balaban J connectivity index is 1.33.